The Kier molecular flexibility index (Phi) is 41.4. The highest BCUT2D eigenvalue weighted by atomic mass is 16.6. The Labute approximate surface area is 282 Å². The Hall–Kier alpha value is -0.850. The van der Waals surface area contributed by atoms with Crippen molar-refractivity contribution in [2.45, 2.75) is 117 Å². The Bertz CT molecular complexity index is 567. The zero-order valence-electron chi connectivity index (χ0n) is 29.9. The minimum atomic E-state index is -0.181. The lowest BCUT2D eigenvalue weighted by molar-refractivity contribution is -0.145. The summed E-state index contributed by atoms with van der Waals surface area (Å²) in [5.74, 6) is -0.181. The fourth-order valence-corrected chi connectivity index (χ4v) is 4.53. The monoisotopic (exact) mass is 665 g/mol. The van der Waals surface area contributed by atoms with E-state index < -0.39 is 0 Å². The van der Waals surface area contributed by atoms with E-state index in [0.29, 0.717) is 106 Å². The van der Waals surface area contributed by atoms with Gasteiger partial charge in [-0.05, 0) is 12.8 Å². The smallest absolute Gasteiger partial charge is 0.305 e. The summed E-state index contributed by atoms with van der Waals surface area (Å²) in [7, 11) is 0. The van der Waals surface area contributed by atoms with Crippen LogP contribution in [-0.2, 0) is 47.4 Å². The van der Waals surface area contributed by atoms with Crippen LogP contribution in [0.5, 0.6) is 0 Å². The van der Waals surface area contributed by atoms with Crippen molar-refractivity contribution in [1.29, 1.82) is 0 Å². The average Bonchev–Trinajstić information content (AvgIpc) is 3.06. The summed E-state index contributed by atoms with van der Waals surface area (Å²) in [5, 5.41) is 0. The van der Waals surface area contributed by atoms with Crippen LogP contribution in [-0.4, -0.2) is 118 Å². The maximum Gasteiger partial charge on any atom is 0.305 e. The first-order valence-electron chi connectivity index (χ1n) is 18.6. The molecule has 0 aromatic rings. The topological polar surface area (TPSA) is 100 Å². The molecule has 46 heavy (non-hydrogen) atoms. The molecule has 0 amide bonds. The third-order valence-electron chi connectivity index (χ3n) is 7.19. The van der Waals surface area contributed by atoms with Crippen LogP contribution in [0.2, 0.25) is 0 Å². The first kappa shape index (κ1) is 45.2. The standard InChI is InChI=1S/C36H72O10/c1-3-5-6-7-8-9-10-11-12-13-14-15-16-17-19-38-20-21-39-22-23-40-24-25-41-26-27-42-28-29-43-30-31-44-32-33-45-34-35-46-36(37)18-4-2/h3-35H2,1-2H3. The molecule has 0 aromatic heterocycles. The molecule has 0 rings (SSSR count). The van der Waals surface area contributed by atoms with Crippen LogP contribution in [0.1, 0.15) is 117 Å². The molecule has 0 saturated heterocycles. The second-order valence-electron chi connectivity index (χ2n) is 11.5. The van der Waals surface area contributed by atoms with Gasteiger partial charge in [-0.25, -0.2) is 0 Å². The maximum absolute atomic E-state index is 11.2. The molecule has 0 heterocycles. The van der Waals surface area contributed by atoms with E-state index in [9.17, 15) is 4.79 Å². The molecular weight excluding hydrogens is 592 g/mol. The summed E-state index contributed by atoms with van der Waals surface area (Å²) in [6, 6.07) is 0. The zero-order valence-corrected chi connectivity index (χ0v) is 29.9. The molecule has 0 aromatic carbocycles. The van der Waals surface area contributed by atoms with Crippen molar-refractivity contribution in [2.24, 2.45) is 0 Å². The average molecular weight is 665 g/mol. The van der Waals surface area contributed by atoms with Crippen molar-refractivity contribution in [3.05, 3.63) is 0 Å². The van der Waals surface area contributed by atoms with Gasteiger partial charge in [-0.3, -0.25) is 4.79 Å². The predicted octanol–water partition coefficient (Wildman–Crippen LogP) is 6.94. The maximum atomic E-state index is 11.2. The van der Waals surface area contributed by atoms with Gasteiger partial charge in [-0.1, -0.05) is 97.3 Å². The second-order valence-corrected chi connectivity index (χ2v) is 11.5. The summed E-state index contributed by atoms with van der Waals surface area (Å²) >= 11 is 0. The molecule has 0 fully saturated rings. The summed E-state index contributed by atoms with van der Waals surface area (Å²) in [6.07, 6.45) is 20.5. The van der Waals surface area contributed by atoms with Gasteiger partial charge in [0, 0.05) is 13.0 Å². The first-order valence-corrected chi connectivity index (χ1v) is 18.6. The molecule has 0 aliphatic heterocycles. The molecular formula is C36H72O10. The normalized spacial score (nSPS) is 11.4. The van der Waals surface area contributed by atoms with Gasteiger partial charge in [0.05, 0.1) is 99.1 Å². The van der Waals surface area contributed by atoms with Crippen LogP contribution in [0.15, 0.2) is 0 Å². The van der Waals surface area contributed by atoms with Gasteiger partial charge in [0.15, 0.2) is 0 Å². The van der Waals surface area contributed by atoms with E-state index in [1.807, 2.05) is 6.92 Å². The predicted molar refractivity (Wildman–Crippen MR) is 183 cm³/mol. The van der Waals surface area contributed by atoms with E-state index in [-0.39, 0.29) is 12.6 Å². The van der Waals surface area contributed by atoms with Crippen molar-refractivity contribution in [3.8, 4) is 0 Å². The largest absolute Gasteiger partial charge is 0.463 e. The van der Waals surface area contributed by atoms with Gasteiger partial charge in [-0.15, -0.1) is 0 Å². The Morgan fingerprint density at radius 3 is 0.870 bits per heavy atom. The lowest BCUT2D eigenvalue weighted by Crippen LogP contribution is -2.15. The summed E-state index contributed by atoms with van der Waals surface area (Å²) in [6.45, 7) is 13.2. The fourth-order valence-electron chi connectivity index (χ4n) is 4.53. The molecule has 0 atom stereocenters. The highest BCUT2D eigenvalue weighted by Gasteiger charge is 2.00. The Balaban J connectivity index is 3.05. The van der Waals surface area contributed by atoms with Gasteiger partial charge in [-0.2, -0.15) is 0 Å². The molecule has 0 radical (unpaired) electrons. The molecule has 0 spiro atoms. The molecule has 0 bridgehead atoms. The summed E-state index contributed by atoms with van der Waals surface area (Å²) < 4.78 is 49.0. The van der Waals surface area contributed by atoms with Gasteiger partial charge in [0.1, 0.15) is 6.61 Å². The van der Waals surface area contributed by atoms with E-state index in [1.54, 1.807) is 0 Å². The Morgan fingerprint density at radius 1 is 0.304 bits per heavy atom. The minimum Gasteiger partial charge on any atom is -0.463 e. The molecule has 0 aliphatic carbocycles. The number of rotatable bonds is 41. The SMILES string of the molecule is CCCCCCCCCCCCCCCCOCCOCCOCCOCCOCCOCCOCCOCCOC(=O)CCC. The molecule has 10 nitrogen and oxygen atoms in total. The van der Waals surface area contributed by atoms with E-state index in [0.717, 1.165) is 19.4 Å². The Morgan fingerprint density at radius 2 is 0.565 bits per heavy atom. The van der Waals surface area contributed by atoms with Crippen LogP contribution in [0.4, 0.5) is 0 Å². The number of carbonyl (C=O) groups excluding carboxylic acids is 1. The van der Waals surface area contributed by atoms with Crippen LogP contribution in [0.25, 0.3) is 0 Å². The van der Waals surface area contributed by atoms with Crippen LogP contribution in [0, 0.1) is 0 Å². The summed E-state index contributed by atoms with van der Waals surface area (Å²) in [5.41, 5.74) is 0. The lowest BCUT2D eigenvalue weighted by Gasteiger charge is -2.09. The fraction of sp³-hybridized carbons (Fsp3) is 0.972. The van der Waals surface area contributed by atoms with Gasteiger partial charge < -0.3 is 42.6 Å². The lowest BCUT2D eigenvalue weighted by atomic mass is 10.0. The van der Waals surface area contributed by atoms with Crippen LogP contribution >= 0.6 is 0 Å². The number of hydrogen-bond acceptors (Lipinski definition) is 10. The third kappa shape index (κ3) is 41.2. The van der Waals surface area contributed by atoms with Crippen molar-refractivity contribution >= 4 is 5.97 Å². The van der Waals surface area contributed by atoms with Gasteiger partial charge >= 0.3 is 5.97 Å². The van der Waals surface area contributed by atoms with Crippen molar-refractivity contribution < 1.29 is 47.4 Å². The number of carbonyl (C=O) groups is 1. The van der Waals surface area contributed by atoms with E-state index in [1.165, 1.54) is 83.5 Å². The minimum absolute atomic E-state index is 0.181. The van der Waals surface area contributed by atoms with E-state index in [2.05, 4.69) is 6.92 Å². The number of unbranched alkanes of at least 4 members (excludes halogenated alkanes) is 13. The number of ether oxygens (including phenoxy) is 9. The van der Waals surface area contributed by atoms with Crippen LogP contribution < -0.4 is 0 Å². The second kappa shape index (κ2) is 42.2. The highest BCUT2D eigenvalue weighted by molar-refractivity contribution is 5.69. The van der Waals surface area contributed by atoms with Crippen molar-refractivity contribution in [3.63, 3.8) is 0 Å². The van der Waals surface area contributed by atoms with Gasteiger partial charge in [0.25, 0.3) is 0 Å². The first-order chi connectivity index (χ1) is 22.8. The van der Waals surface area contributed by atoms with Crippen LogP contribution in [0.3, 0.4) is 0 Å². The molecule has 0 unspecified atom stereocenters. The van der Waals surface area contributed by atoms with Crippen molar-refractivity contribution in [2.75, 3.05) is 112 Å². The quantitative estimate of drug-likeness (QED) is 0.0505. The van der Waals surface area contributed by atoms with Crippen molar-refractivity contribution in [1.82, 2.24) is 0 Å². The van der Waals surface area contributed by atoms with E-state index in [4.69, 9.17) is 42.6 Å². The zero-order chi connectivity index (χ0) is 33.3. The molecule has 0 N–H and O–H groups in total. The molecule has 0 saturated carbocycles. The van der Waals surface area contributed by atoms with Gasteiger partial charge in [0.2, 0.25) is 0 Å². The van der Waals surface area contributed by atoms with E-state index >= 15 is 0 Å². The number of hydrogen-bond donors (Lipinski definition) is 0. The third-order valence-corrected chi connectivity index (χ3v) is 7.19. The summed E-state index contributed by atoms with van der Waals surface area (Å²) in [4.78, 5) is 11.2. The number of esters is 1. The highest BCUT2D eigenvalue weighted by Crippen LogP contribution is 2.13. The molecule has 0 aliphatic rings. The molecule has 10 heteroatoms. The molecule has 276 valence electrons.